The van der Waals surface area contributed by atoms with E-state index in [1.54, 1.807) is 24.3 Å². The van der Waals surface area contributed by atoms with E-state index < -0.39 is 5.41 Å². The number of benzene rings is 1. The summed E-state index contributed by atoms with van der Waals surface area (Å²) in [5, 5.41) is 5.33. The summed E-state index contributed by atoms with van der Waals surface area (Å²) in [5.41, 5.74) is 0.335. The van der Waals surface area contributed by atoms with Gasteiger partial charge in [0.1, 0.15) is 0 Å². The topological polar surface area (TPSA) is 95.6 Å². The summed E-state index contributed by atoms with van der Waals surface area (Å²) in [6.07, 6.45) is 1.61. The summed E-state index contributed by atoms with van der Waals surface area (Å²) >= 11 is 1.07. The Bertz CT molecular complexity index is 708. The first-order chi connectivity index (χ1) is 12.7. The lowest BCUT2D eigenvalue weighted by Gasteiger charge is -2.16. The largest absolute Gasteiger partial charge is 0.355 e. The maximum absolute atomic E-state index is 12.2. The molecule has 2 N–H and O–H groups in total. The molecule has 8 heteroatoms. The maximum atomic E-state index is 12.2. The van der Waals surface area contributed by atoms with Crippen LogP contribution in [0.3, 0.4) is 0 Å². The van der Waals surface area contributed by atoms with Gasteiger partial charge in [0.25, 0.3) is 11.8 Å². The van der Waals surface area contributed by atoms with Gasteiger partial charge in [-0.25, -0.2) is 4.31 Å². The van der Waals surface area contributed by atoms with Crippen molar-refractivity contribution in [2.45, 2.75) is 20.3 Å². The summed E-state index contributed by atoms with van der Waals surface area (Å²) in [4.78, 5) is 47.7. The normalized spacial score (nSPS) is 13.5. The zero-order chi connectivity index (χ0) is 20.0. The van der Waals surface area contributed by atoms with Crippen LogP contribution in [0.5, 0.6) is 0 Å². The fourth-order valence-electron chi connectivity index (χ4n) is 2.41. The molecule has 0 spiro atoms. The van der Waals surface area contributed by atoms with Gasteiger partial charge in [0, 0.05) is 25.3 Å². The first kappa shape index (κ1) is 21.0. The van der Waals surface area contributed by atoms with Crippen LogP contribution in [0, 0.1) is 18.8 Å². The number of imide groups is 1. The molecule has 0 aromatic heterocycles. The van der Waals surface area contributed by atoms with Crippen LogP contribution >= 0.6 is 11.9 Å². The number of hydrogen-bond acceptors (Lipinski definition) is 5. The van der Waals surface area contributed by atoms with Crippen molar-refractivity contribution >= 4 is 35.6 Å². The molecule has 7 nitrogen and oxygen atoms in total. The summed E-state index contributed by atoms with van der Waals surface area (Å²) < 4.78 is 1.12. The smallest absolute Gasteiger partial charge is 0.271 e. The van der Waals surface area contributed by atoms with Crippen molar-refractivity contribution in [3.05, 3.63) is 48.7 Å². The van der Waals surface area contributed by atoms with E-state index >= 15 is 0 Å². The van der Waals surface area contributed by atoms with Crippen LogP contribution in [0.25, 0.3) is 0 Å². The molecule has 1 heterocycles. The zero-order valence-electron chi connectivity index (χ0n) is 15.4. The lowest BCUT2D eigenvalue weighted by atomic mass is 9.92. The van der Waals surface area contributed by atoms with Crippen molar-refractivity contribution in [1.29, 1.82) is 0 Å². The molecule has 144 valence electrons. The second-order valence-corrected chi connectivity index (χ2v) is 7.84. The van der Waals surface area contributed by atoms with E-state index in [-0.39, 0.29) is 36.6 Å². The molecule has 0 atom stereocenters. The third-order valence-corrected chi connectivity index (χ3v) is 4.55. The third-order valence-electron chi connectivity index (χ3n) is 3.57. The second kappa shape index (κ2) is 9.03. The number of carbonyl (C=O) groups excluding carboxylic acids is 4. The highest BCUT2D eigenvalue weighted by Gasteiger charge is 2.35. The molecule has 2 rings (SSSR count). The molecule has 0 aliphatic carbocycles. The summed E-state index contributed by atoms with van der Waals surface area (Å²) in [7, 11) is 0. The summed E-state index contributed by atoms with van der Waals surface area (Å²) in [5.74, 6) is -0.762. The molecule has 0 fully saturated rings. The van der Waals surface area contributed by atoms with Crippen molar-refractivity contribution in [3.63, 3.8) is 0 Å². The Hall–Kier alpha value is -2.35. The van der Waals surface area contributed by atoms with E-state index in [9.17, 15) is 19.2 Å². The van der Waals surface area contributed by atoms with Crippen LogP contribution in [-0.4, -0.2) is 46.8 Å². The van der Waals surface area contributed by atoms with Gasteiger partial charge in [-0.3, -0.25) is 19.2 Å². The molecule has 27 heavy (non-hydrogen) atoms. The SMILES string of the molecule is [CH2]C(C)(C)[CH]C(=O)NCCC(=O)NCCSN1C(=O)c2ccccc2C1=O. The van der Waals surface area contributed by atoms with Crippen LogP contribution in [0.1, 0.15) is 41.0 Å². The molecule has 0 saturated carbocycles. The molecule has 1 aliphatic heterocycles. The Kier molecular flexibility index (Phi) is 7.01. The van der Waals surface area contributed by atoms with Gasteiger partial charge in [0.15, 0.2) is 0 Å². The van der Waals surface area contributed by atoms with Crippen molar-refractivity contribution in [2.75, 3.05) is 18.8 Å². The van der Waals surface area contributed by atoms with E-state index in [4.69, 9.17) is 0 Å². The molecule has 1 aliphatic rings. The fourth-order valence-corrected chi connectivity index (χ4v) is 3.21. The lowest BCUT2D eigenvalue weighted by Crippen LogP contribution is -2.34. The number of fused-ring (bicyclic) bond motifs is 1. The molecule has 2 radical (unpaired) electrons. The number of carbonyl (C=O) groups is 4. The van der Waals surface area contributed by atoms with Gasteiger partial charge >= 0.3 is 0 Å². The van der Waals surface area contributed by atoms with E-state index in [1.165, 1.54) is 6.42 Å². The van der Waals surface area contributed by atoms with E-state index in [0.717, 1.165) is 16.3 Å². The number of nitrogens with zero attached hydrogens (tertiary/aromatic N) is 1. The molecular formula is C19H23N3O4S. The van der Waals surface area contributed by atoms with Crippen LogP contribution in [0.2, 0.25) is 0 Å². The molecule has 0 bridgehead atoms. The Morgan fingerprint density at radius 3 is 2.26 bits per heavy atom. The zero-order valence-corrected chi connectivity index (χ0v) is 16.2. The molecular weight excluding hydrogens is 366 g/mol. The number of nitrogens with one attached hydrogen (secondary N) is 2. The minimum Gasteiger partial charge on any atom is -0.355 e. The van der Waals surface area contributed by atoms with Gasteiger partial charge in [0.05, 0.1) is 17.5 Å². The highest BCUT2D eigenvalue weighted by molar-refractivity contribution is 7.98. The van der Waals surface area contributed by atoms with Gasteiger partial charge in [-0.05, 0) is 36.4 Å². The van der Waals surface area contributed by atoms with Crippen molar-refractivity contribution in [2.24, 2.45) is 5.41 Å². The monoisotopic (exact) mass is 389 g/mol. The van der Waals surface area contributed by atoms with Gasteiger partial charge < -0.3 is 10.6 Å². The Labute approximate surface area is 163 Å². The van der Waals surface area contributed by atoms with E-state index in [1.807, 2.05) is 13.8 Å². The lowest BCUT2D eigenvalue weighted by molar-refractivity contribution is -0.121. The Morgan fingerprint density at radius 1 is 1.11 bits per heavy atom. The van der Waals surface area contributed by atoms with Crippen LogP contribution < -0.4 is 10.6 Å². The minimum absolute atomic E-state index is 0.148. The highest BCUT2D eigenvalue weighted by atomic mass is 32.2. The minimum atomic E-state index is -0.465. The van der Waals surface area contributed by atoms with Crippen LogP contribution in [0.15, 0.2) is 24.3 Å². The maximum Gasteiger partial charge on any atom is 0.271 e. The number of rotatable bonds is 9. The summed E-state index contributed by atoms with van der Waals surface area (Å²) in [6.45, 7) is 7.97. The molecule has 0 saturated heterocycles. The standard InChI is InChI=1S/C19H23N3O4S/c1-19(2,3)12-16(24)20-9-8-15(23)21-10-11-27-22-17(25)13-6-4-5-7-14(13)18(22)26/h4-7,12H,1,8-11H2,2-3H3,(H,20,24)(H,21,23). The van der Waals surface area contributed by atoms with Crippen molar-refractivity contribution < 1.29 is 19.2 Å². The van der Waals surface area contributed by atoms with Gasteiger partial charge in [-0.15, -0.1) is 0 Å². The molecule has 1 aromatic rings. The molecule has 1 aromatic carbocycles. The van der Waals surface area contributed by atoms with Gasteiger partial charge in [0.2, 0.25) is 11.8 Å². The third kappa shape index (κ3) is 6.09. The molecule has 4 amide bonds. The van der Waals surface area contributed by atoms with Gasteiger partial charge in [-0.1, -0.05) is 26.0 Å². The fraction of sp³-hybridized carbons (Fsp3) is 0.368. The van der Waals surface area contributed by atoms with Crippen molar-refractivity contribution in [1.82, 2.24) is 14.9 Å². The number of amides is 4. The second-order valence-electron chi connectivity index (χ2n) is 6.81. The van der Waals surface area contributed by atoms with E-state index in [2.05, 4.69) is 17.6 Å². The van der Waals surface area contributed by atoms with Crippen LogP contribution in [-0.2, 0) is 9.59 Å². The first-order valence-electron chi connectivity index (χ1n) is 8.55. The predicted molar refractivity (Wildman–Crippen MR) is 103 cm³/mol. The van der Waals surface area contributed by atoms with Crippen molar-refractivity contribution in [3.8, 4) is 0 Å². The van der Waals surface area contributed by atoms with Crippen LogP contribution in [0.4, 0.5) is 0 Å². The van der Waals surface area contributed by atoms with Gasteiger partial charge in [-0.2, -0.15) is 0 Å². The summed E-state index contributed by atoms with van der Waals surface area (Å²) in [6, 6.07) is 6.68. The predicted octanol–water partition coefficient (Wildman–Crippen LogP) is 1.62. The first-order valence-corrected chi connectivity index (χ1v) is 9.50. The van der Waals surface area contributed by atoms with E-state index in [0.29, 0.717) is 23.4 Å². The number of hydrogen-bond donors (Lipinski definition) is 2. The molecule has 0 unspecified atom stereocenters. The highest BCUT2D eigenvalue weighted by Crippen LogP contribution is 2.27. The average molecular weight is 389 g/mol. The Morgan fingerprint density at radius 2 is 1.70 bits per heavy atom. The quantitative estimate of drug-likeness (QED) is 0.380. The Balaban J connectivity index is 1.63. The average Bonchev–Trinajstić information content (AvgIpc) is 2.82.